The normalized spacial score (nSPS) is 12.0. The Kier molecular flexibility index (Phi) is 6.99. The van der Waals surface area contributed by atoms with E-state index in [4.69, 9.17) is 4.74 Å². The Bertz CT molecular complexity index is 1060. The molecule has 7 nitrogen and oxygen atoms in total. The summed E-state index contributed by atoms with van der Waals surface area (Å²) in [6.45, 7) is 2.21. The van der Waals surface area contributed by atoms with Crippen LogP contribution in [0.5, 0.6) is 5.75 Å². The molecule has 1 atom stereocenters. The van der Waals surface area contributed by atoms with Gasteiger partial charge >= 0.3 is 5.97 Å². The topological polar surface area (TPSA) is 97.2 Å². The van der Waals surface area contributed by atoms with Gasteiger partial charge < -0.3 is 19.4 Å². The van der Waals surface area contributed by atoms with Crippen LogP contribution in [0.2, 0.25) is 0 Å². The van der Waals surface area contributed by atoms with Crippen molar-refractivity contribution in [2.45, 2.75) is 37.1 Å². The van der Waals surface area contributed by atoms with E-state index in [0.717, 1.165) is 16.2 Å². The second-order valence-electron chi connectivity index (χ2n) is 6.97. The number of ether oxygens (including phenoxy) is 1. The third-order valence-corrected chi connectivity index (χ3v) is 5.89. The number of thioether (sulfide) groups is 1. The molecule has 0 amide bonds. The van der Waals surface area contributed by atoms with Gasteiger partial charge in [0.1, 0.15) is 5.75 Å². The van der Waals surface area contributed by atoms with Crippen molar-refractivity contribution in [2.75, 3.05) is 13.4 Å². The molecule has 3 aromatic rings. The van der Waals surface area contributed by atoms with Gasteiger partial charge in [0.2, 0.25) is 0 Å². The molecule has 3 rings (SSSR count). The largest absolute Gasteiger partial charge is 0.507 e. The number of benzene rings is 1. The number of nitrogens with one attached hydrogen (secondary N) is 1. The van der Waals surface area contributed by atoms with Crippen LogP contribution in [0.1, 0.15) is 34.9 Å². The zero-order chi connectivity index (χ0) is 21.7. The van der Waals surface area contributed by atoms with Crippen LogP contribution >= 0.6 is 11.8 Å². The molecule has 0 spiro atoms. The maximum atomic E-state index is 13.4. The minimum absolute atomic E-state index is 0.0402. The highest BCUT2D eigenvalue weighted by atomic mass is 32.2. The van der Waals surface area contributed by atoms with E-state index in [-0.39, 0.29) is 23.3 Å². The first kappa shape index (κ1) is 21.7. The molecule has 2 aromatic heterocycles. The number of hydrogen-bond acceptors (Lipinski definition) is 6. The maximum absolute atomic E-state index is 13.4. The molecule has 2 heterocycles. The Balaban J connectivity index is 2.05. The van der Waals surface area contributed by atoms with E-state index < -0.39 is 11.9 Å². The van der Waals surface area contributed by atoms with Crippen LogP contribution in [0.4, 0.5) is 0 Å². The lowest BCUT2D eigenvalue weighted by Crippen LogP contribution is -2.29. The number of aromatic amines is 1. The van der Waals surface area contributed by atoms with E-state index in [1.165, 1.54) is 7.11 Å². The lowest BCUT2D eigenvalue weighted by Gasteiger charge is -2.20. The molecular formula is C22H25N3O4S. The quantitative estimate of drug-likeness (QED) is 0.423. The fourth-order valence-corrected chi connectivity index (χ4v) is 3.91. The Morgan fingerprint density at radius 2 is 2.07 bits per heavy atom. The van der Waals surface area contributed by atoms with Gasteiger partial charge in [0, 0.05) is 41.4 Å². The zero-order valence-corrected chi connectivity index (χ0v) is 18.0. The lowest BCUT2D eigenvalue weighted by atomic mass is 9.88. The van der Waals surface area contributed by atoms with Crippen molar-refractivity contribution in [2.24, 2.45) is 0 Å². The Morgan fingerprint density at radius 1 is 1.33 bits per heavy atom. The van der Waals surface area contributed by atoms with E-state index in [9.17, 15) is 14.7 Å². The smallest absolute Gasteiger partial charge is 0.306 e. The Morgan fingerprint density at radius 3 is 2.67 bits per heavy atom. The lowest BCUT2D eigenvalue weighted by molar-refractivity contribution is -0.140. The fourth-order valence-electron chi connectivity index (χ4n) is 3.50. The van der Waals surface area contributed by atoms with E-state index in [2.05, 4.69) is 9.97 Å². The van der Waals surface area contributed by atoms with Crippen molar-refractivity contribution in [3.63, 3.8) is 0 Å². The average Bonchev–Trinajstić information content (AvgIpc) is 3.26. The van der Waals surface area contributed by atoms with Gasteiger partial charge in [-0.1, -0.05) is 12.1 Å². The molecule has 1 aromatic carbocycles. The number of carbonyl (C=O) groups excluding carboxylic acids is 1. The van der Waals surface area contributed by atoms with Crippen LogP contribution in [0.25, 0.3) is 0 Å². The van der Waals surface area contributed by atoms with E-state index in [1.807, 2.05) is 30.5 Å². The molecule has 158 valence electrons. The van der Waals surface area contributed by atoms with Crippen LogP contribution in [-0.2, 0) is 22.5 Å². The predicted octanol–water partition coefficient (Wildman–Crippen LogP) is 3.25. The van der Waals surface area contributed by atoms with E-state index in [0.29, 0.717) is 18.7 Å². The molecule has 0 unspecified atom stereocenters. The number of H-pyrrole nitrogens is 1. The molecule has 0 aliphatic carbocycles. The summed E-state index contributed by atoms with van der Waals surface area (Å²) in [5.41, 5.74) is 2.22. The van der Waals surface area contributed by atoms with Crippen molar-refractivity contribution in [3.05, 3.63) is 75.7 Å². The third-order valence-electron chi connectivity index (χ3n) is 5.15. The number of nitrogens with zero attached hydrogens (tertiary/aromatic N) is 2. The number of rotatable bonds is 8. The van der Waals surface area contributed by atoms with Crippen molar-refractivity contribution in [3.8, 4) is 5.75 Å². The third kappa shape index (κ3) is 4.76. The number of aryl methyl sites for hydroxylation is 2. The molecule has 30 heavy (non-hydrogen) atoms. The van der Waals surface area contributed by atoms with Crippen molar-refractivity contribution < 1.29 is 14.6 Å². The second-order valence-corrected chi connectivity index (χ2v) is 7.85. The minimum atomic E-state index is -0.611. The summed E-state index contributed by atoms with van der Waals surface area (Å²) >= 11 is 1.60. The molecule has 0 radical (unpaired) electrons. The molecule has 8 heteroatoms. The van der Waals surface area contributed by atoms with Crippen LogP contribution in [0, 0.1) is 6.92 Å². The van der Waals surface area contributed by atoms with Gasteiger partial charge in [0.15, 0.2) is 0 Å². The highest BCUT2D eigenvalue weighted by molar-refractivity contribution is 7.98. The molecule has 2 N–H and O–H groups in total. The van der Waals surface area contributed by atoms with Crippen LogP contribution < -0.4 is 5.56 Å². The number of hydrogen-bond donors (Lipinski definition) is 2. The number of esters is 1. The van der Waals surface area contributed by atoms with Gasteiger partial charge in [-0.15, -0.1) is 11.8 Å². The summed E-state index contributed by atoms with van der Waals surface area (Å²) in [5.74, 6) is -1.17. The molecular weight excluding hydrogens is 402 g/mol. The molecule has 0 aliphatic rings. The number of carbonyl (C=O) groups is 1. The minimum Gasteiger partial charge on any atom is -0.507 e. The average molecular weight is 428 g/mol. The highest BCUT2D eigenvalue weighted by Gasteiger charge is 2.26. The number of aromatic hydroxyl groups is 1. The van der Waals surface area contributed by atoms with Gasteiger partial charge in [-0.2, -0.15) is 0 Å². The second kappa shape index (κ2) is 9.67. The van der Waals surface area contributed by atoms with Crippen molar-refractivity contribution in [1.82, 2.24) is 14.5 Å². The van der Waals surface area contributed by atoms with Gasteiger partial charge in [-0.05, 0) is 36.9 Å². The van der Waals surface area contributed by atoms with Gasteiger partial charge in [-0.25, -0.2) is 4.98 Å². The molecule has 0 fully saturated rings. The monoisotopic (exact) mass is 427 g/mol. The van der Waals surface area contributed by atoms with Crippen LogP contribution in [0.3, 0.4) is 0 Å². The summed E-state index contributed by atoms with van der Waals surface area (Å²) < 4.78 is 6.48. The summed E-state index contributed by atoms with van der Waals surface area (Å²) in [5, 5.41) is 10.7. The SMILES string of the molecule is COC(=O)C[C@@H](c1ccc(SC)cc1)c1c(O)cc(C)n(CCc2cnc[nH]2)c1=O. The summed E-state index contributed by atoms with van der Waals surface area (Å²) in [6.07, 6.45) is 5.84. The molecule has 0 aliphatic heterocycles. The van der Waals surface area contributed by atoms with Gasteiger partial charge in [-0.3, -0.25) is 9.59 Å². The molecule has 0 saturated heterocycles. The van der Waals surface area contributed by atoms with E-state index >= 15 is 0 Å². The Labute approximate surface area is 179 Å². The predicted molar refractivity (Wildman–Crippen MR) is 116 cm³/mol. The molecule has 0 bridgehead atoms. The number of imidazole rings is 1. The first-order chi connectivity index (χ1) is 14.4. The first-order valence-electron chi connectivity index (χ1n) is 9.56. The Hall–Kier alpha value is -3.00. The van der Waals surface area contributed by atoms with Gasteiger partial charge in [0.25, 0.3) is 5.56 Å². The van der Waals surface area contributed by atoms with Crippen LogP contribution in [-0.4, -0.2) is 39.0 Å². The molecule has 0 saturated carbocycles. The highest BCUT2D eigenvalue weighted by Crippen LogP contribution is 2.33. The summed E-state index contributed by atoms with van der Waals surface area (Å²) in [6, 6.07) is 9.21. The number of aromatic nitrogens is 3. The summed E-state index contributed by atoms with van der Waals surface area (Å²) in [7, 11) is 1.31. The number of methoxy groups -OCH3 is 1. The van der Waals surface area contributed by atoms with Crippen molar-refractivity contribution >= 4 is 17.7 Å². The van der Waals surface area contributed by atoms with E-state index in [1.54, 1.807) is 41.8 Å². The first-order valence-corrected chi connectivity index (χ1v) is 10.8. The maximum Gasteiger partial charge on any atom is 0.306 e. The number of pyridine rings is 1. The summed E-state index contributed by atoms with van der Waals surface area (Å²) in [4.78, 5) is 33.6. The van der Waals surface area contributed by atoms with Crippen molar-refractivity contribution in [1.29, 1.82) is 0 Å². The standard InChI is InChI=1S/C22H25N3O4S/c1-14-10-19(26)21(22(28)25(14)9-8-16-12-23-13-24-16)18(11-20(27)29-2)15-4-6-17(30-3)7-5-15/h4-7,10,12-13,18,26H,8-9,11H2,1-3H3,(H,23,24)/t18-/m0/s1. The van der Waals surface area contributed by atoms with Gasteiger partial charge in [0.05, 0.1) is 25.4 Å². The van der Waals surface area contributed by atoms with Crippen LogP contribution in [0.15, 0.2) is 52.5 Å². The zero-order valence-electron chi connectivity index (χ0n) is 17.2. The fraction of sp³-hybridized carbons (Fsp3) is 0.318.